The highest BCUT2D eigenvalue weighted by Gasteiger charge is 2.17. The molecule has 0 aliphatic carbocycles. The number of halogens is 6. The van der Waals surface area contributed by atoms with Crippen LogP contribution in [0.1, 0.15) is 0 Å². The Kier molecular flexibility index (Phi) is 8.62. The smallest absolute Gasteiger partial charge is 0.192 e. The maximum atomic E-state index is 9.53. The molecule has 0 unspecified atom stereocenters. The quantitative estimate of drug-likeness (QED) is 0.160. The standard InChI is InChI=1S/C26H6Cl6N4S2/c1-35-26(36-2)21-8-15(12-5-18(29)23(32)19(30)6-12)25(38-21)24-14(7-20(37-24)13(9-33)10-34)11-3-16(27)22(31)17(28)4-11/h3-8H/b25-24+. The van der Waals surface area contributed by atoms with Gasteiger partial charge in [-0.1, -0.05) is 69.6 Å². The van der Waals surface area contributed by atoms with Gasteiger partial charge in [0.15, 0.2) is 0 Å². The SMILES string of the molecule is [C-]#[N+]C([N+]#[C-])=c1cc(-c2cc(Cl)c(Cl)c(Cl)c2)/c(=c2\sc(=C(C#N)C#N)cc2-c2cc(Cl)c(Cl)c(Cl)c2)s1. The highest BCUT2D eigenvalue weighted by Crippen LogP contribution is 2.39. The van der Waals surface area contributed by atoms with Gasteiger partial charge in [-0.3, -0.25) is 0 Å². The Morgan fingerprint density at radius 2 is 1.00 bits per heavy atom. The van der Waals surface area contributed by atoms with Gasteiger partial charge < -0.3 is 0 Å². The fraction of sp³-hybridized carbons (Fsp3) is 0. The zero-order valence-corrected chi connectivity index (χ0v) is 24.5. The van der Waals surface area contributed by atoms with Crippen molar-refractivity contribution in [2.75, 3.05) is 0 Å². The average molecular weight is 651 g/mol. The molecule has 0 fully saturated rings. The van der Waals surface area contributed by atoms with Crippen LogP contribution in [0.25, 0.3) is 43.3 Å². The number of benzene rings is 2. The molecule has 0 N–H and O–H groups in total. The van der Waals surface area contributed by atoms with E-state index in [9.17, 15) is 10.5 Å². The Balaban J connectivity index is 2.34. The van der Waals surface area contributed by atoms with E-state index in [1.165, 1.54) is 22.7 Å². The summed E-state index contributed by atoms with van der Waals surface area (Å²) < 4.78 is 2.11. The molecule has 2 aromatic heterocycles. The van der Waals surface area contributed by atoms with Gasteiger partial charge in [-0.15, -0.1) is 22.7 Å². The van der Waals surface area contributed by atoms with Crippen molar-refractivity contribution in [2.24, 2.45) is 0 Å². The van der Waals surface area contributed by atoms with Crippen LogP contribution in [-0.4, -0.2) is 0 Å². The molecule has 0 aliphatic heterocycles. The molecule has 0 saturated heterocycles. The van der Waals surface area contributed by atoms with Crippen LogP contribution in [0, 0.1) is 44.9 Å². The molecule has 4 rings (SSSR count). The molecule has 2 heterocycles. The first-order valence-corrected chi connectivity index (χ1v) is 13.9. The molecule has 12 heteroatoms. The summed E-state index contributed by atoms with van der Waals surface area (Å²) in [6.45, 7) is 14.9. The Morgan fingerprint density at radius 1 is 0.632 bits per heavy atom. The first-order valence-electron chi connectivity index (χ1n) is 10.0. The zero-order valence-electron chi connectivity index (χ0n) is 18.3. The highest BCUT2D eigenvalue weighted by atomic mass is 35.5. The summed E-state index contributed by atoms with van der Waals surface area (Å²) in [5.41, 5.74) is 2.32. The summed E-state index contributed by atoms with van der Waals surface area (Å²) in [6, 6.07) is 13.7. The van der Waals surface area contributed by atoms with Crippen LogP contribution < -0.4 is 9.06 Å². The van der Waals surface area contributed by atoms with Gasteiger partial charge in [0.2, 0.25) is 0 Å². The van der Waals surface area contributed by atoms with Crippen LogP contribution in [0.2, 0.25) is 30.1 Å². The second-order valence-electron chi connectivity index (χ2n) is 7.36. The maximum Gasteiger partial charge on any atom is 0.536 e. The summed E-state index contributed by atoms with van der Waals surface area (Å²) in [4.78, 5) is 6.71. The van der Waals surface area contributed by atoms with Crippen molar-refractivity contribution in [2.45, 2.75) is 0 Å². The molecule has 0 bridgehead atoms. The van der Waals surface area contributed by atoms with Crippen molar-refractivity contribution >= 4 is 104 Å². The third kappa shape index (κ3) is 5.25. The van der Waals surface area contributed by atoms with E-state index in [0.717, 1.165) is 0 Å². The van der Waals surface area contributed by atoms with Crippen LogP contribution in [0.15, 0.2) is 36.4 Å². The molecule has 38 heavy (non-hydrogen) atoms. The minimum absolute atomic E-state index is 0.0841. The number of nitriles is 2. The van der Waals surface area contributed by atoms with E-state index < -0.39 is 0 Å². The second kappa shape index (κ2) is 11.6. The zero-order chi connectivity index (χ0) is 27.7. The molecule has 0 aliphatic rings. The summed E-state index contributed by atoms with van der Waals surface area (Å²) in [7, 11) is 0. The van der Waals surface area contributed by atoms with Gasteiger partial charge in [-0.25, -0.2) is 0 Å². The van der Waals surface area contributed by atoms with Crippen molar-refractivity contribution < 1.29 is 0 Å². The Hall–Kier alpha value is -2.72. The lowest BCUT2D eigenvalue weighted by atomic mass is 10.1. The van der Waals surface area contributed by atoms with Crippen LogP contribution >= 0.6 is 92.3 Å². The van der Waals surface area contributed by atoms with Crippen LogP contribution in [0.3, 0.4) is 0 Å². The molecule has 2 aromatic carbocycles. The van der Waals surface area contributed by atoms with Crippen molar-refractivity contribution in [3.63, 3.8) is 0 Å². The van der Waals surface area contributed by atoms with Crippen LogP contribution in [0.5, 0.6) is 0 Å². The fourth-order valence-electron chi connectivity index (χ4n) is 3.47. The van der Waals surface area contributed by atoms with Gasteiger partial charge in [0.25, 0.3) is 0 Å². The molecular weight excluding hydrogens is 645 g/mol. The summed E-state index contributed by atoms with van der Waals surface area (Å²) in [5.74, 6) is -0.120. The van der Waals surface area contributed by atoms with E-state index in [2.05, 4.69) is 9.69 Å². The van der Waals surface area contributed by atoms with E-state index in [1.807, 2.05) is 12.1 Å². The van der Waals surface area contributed by atoms with Gasteiger partial charge >= 0.3 is 5.82 Å². The number of nitrogens with zero attached hydrogens (tertiary/aromatic N) is 4. The van der Waals surface area contributed by atoms with E-state index >= 15 is 0 Å². The van der Waals surface area contributed by atoms with Crippen molar-refractivity contribution in [1.29, 1.82) is 10.5 Å². The van der Waals surface area contributed by atoms with Crippen molar-refractivity contribution in [3.05, 3.63) is 107 Å². The van der Waals surface area contributed by atoms with E-state index in [4.69, 9.17) is 82.7 Å². The highest BCUT2D eigenvalue weighted by molar-refractivity contribution is 7.12. The third-order valence-corrected chi connectivity index (χ3v) is 10.0. The topological polar surface area (TPSA) is 56.3 Å². The lowest BCUT2D eigenvalue weighted by molar-refractivity contribution is 1.51. The van der Waals surface area contributed by atoms with Crippen LogP contribution in [-0.2, 0) is 0 Å². The Bertz CT molecular complexity index is 1820. The molecule has 4 nitrogen and oxygen atoms in total. The van der Waals surface area contributed by atoms with Gasteiger partial charge in [-0.2, -0.15) is 20.2 Å². The van der Waals surface area contributed by atoms with Gasteiger partial charge in [-0.05, 0) is 47.5 Å². The third-order valence-electron chi connectivity index (χ3n) is 5.16. The number of rotatable bonds is 2. The Labute approximate surface area is 254 Å². The van der Waals surface area contributed by atoms with Crippen molar-refractivity contribution in [3.8, 4) is 34.4 Å². The summed E-state index contributed by atoms with van der Waals surface area (Å²) in [6.07, 6.45) is 0. The van der Waals surface area contributed by atoms with E-state index in [-0.39, 0.29) is 41.5 Å². The molecule has 0 radical (unpaired) electrons. The van der Waals surface area contributed by atoms with Gasteiger partial charge in [0, 0.05) is 11.1 Å². The molecule has 0 amide bonds. The van der Waals surface area contributed by atoms with E-state index in [1.54, 1.807) is 36.4 Å². The molecule has 4 aromatic rings. The van der Waals surface area contributed by atoms with Crippen LogP contribution in [0.4, 0.5) is 0 Å². The van der Waals surface area contributed by atoms with Gasteiger partial charge in [0.1, 0.15) is 35.4 Å². The minimum atomic E-state index is -0.120. The summed E-state index contributed by atoms with van der Waals surface area (Å²) in [5, 5.41) is 20.3. The number of hydrogen-bond acceptors (Lipinski definition) is 4. The lowest BCUT2D eigenvalue weighted by Crippen LogP contribution is -1.94. The predicted octanol–water partition coefficient (Wildman–Crippen LogP) is 9.45. The minimum Gasteiger partial charge on any atom is -0.192 e. The average Bonchev–Trinajstić information content (AvgIpc) is 3.52. The molecule has 0 spiro atoms. The van der Waals surface area contributed by atoms with Crippen molar-refractivity contribution in [1.82, 2.24) is 0 Å². The second-order valence-corrected chi connectivity index (χ2v) is 11.8. The fourth-order valence-corrected chi connectivity index (χ4v) is 7.06. The Morgan fingerprint density at radius 3 is 1.37 bits per heavy atom. The first-order chi connectivity index (χ1) is 18.1. The molecule has 184 valence electrons. The summed E-state index contributed by atoms with van der Waals surface area (Å²) >= 11 is 40.0. The van der Waals surface area contributed by atoms with Gasteiger partial charge in [0.05, 0.1) is 43.7 Å². The number of thiophene rings is 2. The first kappa shape index (κ1) is 28.3. The largest absolute Gasteiger partial charge is 0.536 e. The molecular formula is C26H6Cl6N4S2. The van der Waals surface area contributed by atoms with E-state index in [0.29, 0.717) is 40.4 Å². The predicted molar refractivity (Wildman–Crippen MR) is 158 cm³/mol. The lowest BCUT2D eigenvalue weighted by Gasteiger charge is -2.06. The molecule has 0 atom stereocenters. The normalized spacial score (nSPS) is 11.2. The number of hydrogen-bond donors (Lipinski definition) is 0. The maximum absolute atomic E-state index is 9.53. The molecule has 0 saturated carbocycles. The monoisotopic (exact) mass is 648 g/mol.